The molecule has 0 radical (unpaired) electrons. The number of likely N-dealkylation sites (tertiary alicyclic amines) is 1. The van der Waals surface area contributed by atoms with Crippen LogP contribution in [0.4, 0.5) is 9.59 Å². The molecule has 0 spiro atoms. The lowest BCUT2D eigenvalue weighted by atomic mass is 10.0. The fraction of sp³-hybridized carbons (Fsp3) is 0.407. The highest BCUT2D eigenvalue weighted by Gasteiger charge is 2.48. The quantitative estimate of drug-likeness (QED) is 0.581. The third-order valence-electron chi connectivity index (χ3n) is 6.24. The number of likely N-dealkylation sites (N-methyl/N-ethyl adjacent to an activating group) is 1. The van der Waals surface area contributed by atoms with E-state index in [9.17, 15) is 19.2 Å². The first-order valence-electron chi connectivity index (χ1n) is 11.9. The van der Waals surface area contributed by atoms with E-state index in [1.165, 1.54) is 4.90 Å². The SMILES string of the molecule is CN1C(=O)N(C2CCC(=O)N(C(=O)OC(C)(C)C)C2=O)CC1c1ccc(OCc2ccccc2)cc1. The highest BCUT2D eigenvalue weighted by Crippen LogP contribution is 2.33. The number of carbonyl (C=O) groups excluding carboxylic acids is 4. The van der Waals surface area contributed by atoms with Gasteiger partial charge in [0.2, 0.25) is 5.91 Å². The molecular weight excluding hydrogens is 462 g/mol. The van der Waals surface area contributed by atoms with Crippen molar-refractivity contribution in [3.05, 3.63) is 65.7 Å². The van der Waals surface area contributed by atoms with Gasteiger partial charge in [-0.05, 0) is 50.5 Å². The standard InChI is InChI=1S/C27H31N3O6/c1-27(2,3)36-26(34)30-23(31)15-14-21(24(30)32)29-16-22(28(4)25(29)33)19-10-12-20(13-11-19)35-17-18-8-6-5-7-9-18/h5-13,21-22H,14-17H2,1-4H3. The lowest BCUT2D eigenvalue weighted by Crippen LogP contribution is -2.57. The third kappa shape index (κ3) is 5.35. The van der Waals surface area contributed by atoms with E-state index in [0.29, 0.717) is 17.3 Å². The first-order chi connectivity index (χ1) is 17.0. The fourth-order valence-electron chi connectivity index (χ4n) is 4.40. The van der Waals surface area contributed by atoms with Crippen LogP contribution in [0, 0.1) is 0 Å². The Morgan fingerprint density at radius 1 is 0.972 bits per heavy atom. The summed E-state index contributed by atoms with van der Waals surface area (Å²) >= 11 is 0. The number of urea groups is 1. The van der Waals surface area contributed by atoms with Gasteiger partial charge >= 0.3 is 12.1 Å². The lowest BCUT2D eigenvalue weighted by molar-refractivity contribution is -0.150. The first kappa shape index (κ1) is 25.2. The molecule has 0 aromatic heterocycles. The molecule has 2 unspecified atom stereocenters. The summed E-state index contributed by atoms with van der Waals surface area (Å²) in [6.07, 6.45) is -0.874. The molecule has 9 nitrogen and oxygen atoms in total. The van der Waals surface area contributed by atoms with E-state index in [1.807, 2.05) is 54.6 Å². The monoisotopic (exact) mass is 493 g/mol. The Balaban J connectivity index is 1.44. The van der Waals surface area contributed by atoms with Gasteiger partial charge < -0.3 is 19.3 Å². The van der Waals surface area contributed by atoms with Gasteiger partial charge in [0.25, 0.3) is 5.91 Å². The number of carbonyl (C=O) groups is 4. The Kier molecular flexibility index (Phi) is 7.01. The largest absolute Gasteiger partial charge is 0.489 e. The van der Waals surface area contributed by atoms with E-state index in [-0.39, 0.29) is 31.5 Å². The van der Waals surface area contributed by atoms with E-state index in [0.717, 1.165) is 11.1 Å². The van der Waals surface area contributed by atoms with Crippen LogP contribution in [0.2, 0.25) is 0 Å². The average Bonchev–Trinajstić information content (AvgIpc) is 3.12. The minimum Gasteiger partial charge on any atom is -0.489 e. The summed E-state index contributed by atoms with van der Waals surface area (Å²) in [5.74, 6) is -0.638. The molecule has 0 aliphatic carbocycles. The molecule has 2 aromatic rings. The second-order valence-electron chi connectivity index (χ2n) is 10.0. The van der Waals surface area contributed by atoms with Crippen molar-refractivity contribution >= 4 is 23.9 Å². The van der Waals surface area contributed by atoms with Gasteiger partial charge in [0.05, 0.1) is 6.04 Å². The number of hydrogen-bond acceptors (Lipinski definition) is 6. The second-order valence-corrected chi connectivity index (χ2v) is 10.0. The predicted molar refractivity (Wildman–Crippen MR) is 131 cm³/mol. The molecule has 0 saturated carbocycles. The van der Waals surface area contributed by atoms with Gasteiger partial charge in [-0.15, -0.1) is 0 Å². The lowest BCUT2D eigenvalue weighted by Gasteiger charge is -2.34. The average molecular weight is 494 g/mol. The maximum absolute atomic E-state index is 13.2. The number of ether oxygens (including phenoxy) is 2. The maximum atomic E-state index is 13.2. The summed E-state index contributed by atoms with van der Waals surface area (Å²) in [5.41, 5.74) is 1.09. The van der Waals surface area contributed by atoms with Crippen molar-refractivity contribution in [2.24, 2.45) is 0 Å². The number of nitrogens with zero attached hydrogens (tertiary/aromatic N) is 3. The van der Waals surface area contributed by atoms with Crippen LogP contribution in [0.15, 0.2) is 54.6 Å². The topological polar surface area (TPSA) is 96.5 Å². The van der Waals surface area contributed by atoms with Crippen molar-refractivity contribution in [2.45, 2.75) is 57.9 Å². The van der Waals surface area contributed by atoms with Crippen molar-refractivity contribution < 1.29 is 28.7 Å². The minimum atomic E-state index is -1.01. The normalized spacial score (nSPS) is 20.7. The second kappa shape index (κ2) is 10.0. The van der Waals surface area contributed by atoms with E-state index >= 15 is 0 Å². The summed E-state index contributed by atoms with van der Waals surface area (Å²) in [7, 11) is 1.68. The molecule has 2 aliphatic heterocycles. The van der Waals surface area contributed by atoms with Gasteiger partial charge in [-0.1, -0.05) is 42.5 Å². The first-order valence-corrected chi connectivity index (χ1v) is 11.9. The van der Waals surface area contributed by atoms with Crippen LogP contribution < -0.4 is 4.74 Å². The summed E-state index contributed by atoms with van der Waals surface area (Å²) in [6, 6.07) is 15.8. The zero-order valence-corrected chi connectivity index (χ0v) is 21.0. The van der Waals surface area contributed by atoms with E-state index in [4.69, 9.17) is 9.47 Å². The molecule has 0 N–H and O–H groups in total. The molecule has 0 bridgehead atoms. The third-order valence-corrected chi connectivity index (χ3v) is 6.24. The van der Waals surface area contributed by atoms with Crippen LogP contribution in [-0.2, 0) is 20.9 Å². The Hall–Kier alpha value is -3.88. The van der Waals surface area contributed by atoms with Crippen molar-refractivity contribution in [3.8, 4) is 5.75 Å². The Morgan fingerprint density at radius 3 is 2.28 bits per heavy atom. The van der Waals surface area contributed by atoms with Gasteiger partial charge in [-0.3, -0.25) is 9.59 Å². The highest BCUT2D eigenvalue weighted by atomic mass is 16.6. The Morgan fingerprint density at radius 2 is 1.64 bits per heavy atom. The minimum absolute atomic E-state index is 0.0265. The zero-order valence-electron chi connectivity index (χ0n) is 21.0. The Bertz CT molecular complexity index is 1140. The maximum Gasteiger partial charge on any atom is 0.424 e. The van der Waals surface area contributed by atoms with Crippen LogP contribution in [-0.4, -0.2) is 63.9 Å². The fourth-order valence-corrected chi connectivity index (χ4v) is 4.40. The van der Waals surface area contributed by atoms with Gasteiger partial charge in [-0.25, -0.2) is 9.59 Å². The van der Waals surface area contributed by atoms with Gasteiger partial charge in [0.15, 0.2) is 0 Å². The van der Waals surface area contributed by atoms with Crippen LogP contribution in [0.1, 0.15) is 50.8 Å². The molecule has 190 valence electrons. The van der Waals surface area contributed by atoms with Crippen LogP contribution in [0.5, 0.6) is 5.75 Å². The van der Waals surface area contributed by atoms with E-state index in [2.05, 4.69) is 0 Å². The summed E-state index contributed by atoms with van der Waals surface area (Å²) < 4.78 is 11.1. The molecule has 36 heavy (non-hydrogen) atoms. The van der Waals surface area contributed by atoms with Crippen LogP contribution in [0.25, 0.3) is 0 Å². The molecular formula is C27H31N3O6. The van der Waals surface area contributed by atoms with Crippen LogP contribution in [0.3, 0.4) is 0 Å². The molecule has 4 rings (SSSR count). The number of imide groups is 3. The van der Waals surface area contributed by atoms with Crippen molar-refractivity contribution in [1.82, 2.24) is 14.7 Å². The molecule has 2 fully saturated rings. The molecule has 2 aliphatic rings. The molecule has 2 atom stereocenters. The molecule has 2 saturated heterocycles. The van der Waals surface area contributed by atoms with Crippen molar-refractivity contribution in [3.63, 3.8) is 0 Å². The Labute approximate surface area is 210 Å². The molecule has 9 heteroatoms. The number of benzene rings is 2. The van der Waals surface area contributed by atoms with E-state index < -0.39 is 29.6 Å². The summed E-state index contributed by atoms with van der Waals surface area (Å²) in [5, 5.41) is 0. The smallest absolute Gasteiger partial charge is 0.424 e. The molecule has 2 heterocycles. The highest BCUT2D eigenvalue weighted by molar-refractivity contribution is 6.12. The van der Waals surface area contributed by atoms with Gasteiger partial charge in [0.1, 0.15) is 24.0 Å². The van der Waals surface area contributed by atoms with Gasteiger partial charge in [0, 0.05) is 20.0 Å². The van der Waals surface area contributed by atoms with E-state index in [1.54, 1.807) is 32.7 Å². The number of hydrogen-bond donors (Lipinski definition) is 0. The zero-order chi connectivity index (χ0) is 26.0. The predicted octanol–water partition coefficient (Wildman–Crippen LogP) is 4.13. The summed E-state index contributed by atoms with van der Waals surface area (Å²) in [6.45, 7) is 5.67. The number of rotatable bonds is 5. The molecule has 5 amide bonds. The number of piperidine rings is 1. The van der Waals surface area contributed by atoms with Gasteiger partial charge in [-0.2, -0.15) is 4.90 Å². The summed E-state index contributed by atoms with van der Waals surface area (Å²) in [4.78, 5) is 54.7. The van der Waals surface area contributed by atoms with Crippen molar-refractivity contribution in [2.75, 3.05) is 13.6 Å². The number of amides is 5. The van der Waals surface area contributed by atoms with Crippen molar-refractivity contribution in [1.29, 1.82) is 0 Å². The van der Waals surface area contributed by atoms with Crippen LogP contribution >= 0.6 is 0 Å². The molecule has 2 aromatic carbocycles.